The molecule has 4 nitrogen and oxygen atoms in total. The number of carbonyl (C=O) groups is 1. The van der Waals surface area contributed by atoms with Gasteiger partial charge in [-0.25, -0.2) is 0 Å². The number of hydrogen-bond donors (Lipinski definition) is 4. The number of amides is 1. The van der Waals surface area contributed by atoms with Gasteiger partial charge in [0.25, 0.3) is 5.91 Å². The second kappa shape index (κ2) is 5.24. The molecule has 0 heterocycles. The molecule has 0 unspecified atom stereocenters. The third kappa shape index (κ3) is 3.00. The van der Waals surface area contributed by atoms with Crippen LogP contribution >= 0.6 is 12.6 Å². The Morgan fingerprint density at radius 2 is 1.68 bits per heavy atom. The van der Waals surface area contributed by atoms with E-state index in [9.17, 15) is 4.79 Å². The average Bonchev–Trinajstić information content (AvgIpc) is 2.36. The molecule has 1 amide bonds. The topological polar surface area (TPSA) is 81.1 Å². The summed E-state index contributed by atoms with van der Waals surface area (Å²) in [6.07, 6.45) is 0. The normalized spacial score (nSPS) is 10.2. The van der Waals surface area contributed by atoms with Crippen LogP contribution in [0.1, 0.15) is 15.9 Å². The van der Waals surface area contributed by atoms with Gasteiger partial charge in [0.05, 0.1) is 17.1 Å². The van der Waals surface area contributed by atoms with Gasteiger partial charge in [-0.2, -0.15) is 0 Å². The lowest BCUT2D eigenvalue weighted by Crippen LogP contribution is -2.12. The Bertz CT molecular complexity index is 623. The molecule has 0 spiro atoms. The first-order valence-electron chi connectivity index (χ1n) is 5.73. The minimum Gasteiger partial charge on any atom is -0.397 e. The number of thiol groups is 1. The summed E-state index contributed by atoms with van der Waals surface area (Å²) >= 11 is 4.27. The molecule has 0 bridgehead atoms. The third-order valence-electron chi connectivity index (χ3n) is 2.76. The van der Waals surface area contributed by atoms with Crippen LogP contribution in [-0.4, -0.2) is 5.91 Å². The molecule has 98 valence electrons. The molecular formula is C14H15N3OS. The van der Waals surface area contributed by atoms with Gasteiger partial charge in [-0.1, -0.05) is 17.7 Å². The molecule has 2 rings (SSSR count). The van der Waals surface area contributed by atoms with Crippen LogP contribution in [0.3, 0.4) is 0 Å². The average molecular weight is 273 g/mol. The van der Waals surface area contributed by atoms with E-state index in [-0.39, 0.29) is 5.91 Å². The van der Waals surface area contributed by atoms with E-state index in [0.29, 0.717) is 27.5 Å². The Labute approximate surface area is 117 Å². The predicted octanol–water partition coefficient (Wildman–Crippen LogP) is 2.70. The Morgan fingerprint density at radius 1 is 1.11 bits per heavy atom. The van der Waals surface area contributed by atoms with Crippen molar-refractivity contribution in [1.29, 1.82) is 0 Å². The van der Waals surface area contributed by atoms with Gasteiger partial charge in [0, 0.05) is 10.5 Å². The van der Waals surface area contributed by atoms with Gasteiger partial charge in [-0.15, -0.1) is 12.6 Å². The largest absolute Gasteiger partial charge is 0.397 e. The van der Waals surface area contributed by atoms with Crippen molar-refractivity contribution >= 4 is 35.6 Å². The summed E-state index contributed by atoms with van der Waals surface area (Å²) in [6, 6.07) is 10.5. The maximum atomic E-state index is 12.1. The van der Waals surface area contributed by atoms with Crippen molar-refractivity contribution in [1.82, 2.24) is 0 Å². The van der Waals surface area contributed by atoms with E-state index in [4.69, 9.17) is 11.5 Å². The first-order valence-corrected chi connectivity index (χ1v) is 6.18. The van der Waals surface area contributed by atoms with Crippen molar-refractivity contribution in [3.8, 4) is 0 Å². The van der Waals surface area contributed by atoms with Gasteiger partial charge in [0.15, 0.2) is 0 Å². The fourth-order valence-corrected chi connectivity index (χ4v) is 1.88. The first kappa shape index (κ1) is 13.3. The number of nitrogens with one attached hydrogen (secondary N) is 1. The van der Waals surface area contributed by atoms with E-state index in [2.05, 4.69) is 17.9 Å². The second-order valence-electron chi connectivity index (χ2n) is 4.32. The van der Waals surface area contributed by atoms with Gasteiger partial charge in [0.2, 0.25) is 0 Å². The summed E-state index contributed by atoms with van der Waals surface area (Å²) in [6.45, 7) is 1.97. The van der Waals surface area contributed by atoms with Crippen LogP contribution in [0.15, 0.2) is 41.3 Å². The highest BCUT2D eigenvalue weighted by Crippen LogP contribution is 2.28. The quantitative estimate of drug-likeness (QED) is 0.501. The molecule has 2 aromatic carbocycles. The summed E-state index contributed by atoms with van der Waals surface area (Å²) < 4.78 is 0. The minimum atomic E-state index is -0.209. The number of hydrogen-bond acceptors (Lipinski definition) is 4. The summed E-state index contributed by atoms with van der Waals surface area (Å²) in [4.78, 5) is 12.6. The van der Waals surface area contributed by atoms with Gasteiger partial charge in [0.1, 0.15) is 0 Å². The van der Waals surface area contributed by atoms with Gasteiger partial charge in [-0.3, -0.25) is 4.79 Å². The van der Waals surface area contributed by atoms with Crippen molar-refractivity contribution in [2.24, 2.45) is 0 Å². The van der Waals surface area contributed by atoms with E-state index in [0.717, 1.165) is 5.56 Å². The monoisotopic (exact) mass is 273 g/mol. The van der Waals surface area contributed by atoms with Crippen molar-refractivity contribution in [2.75, 3.05) is 16.8 Å². The number of nitrogen functional groups attached to an aromatic ring is 2. The molecule has 0 radical (unpaired) electrons. The highest BCUT2D eigenvalue weighted by atomic mass is 32.1. The molecule has 2 aromatic rings. The Morgan fingerprint density at radius 3 is 2.32 bits per heavy atom. The summed E-state index contributed by atoms with van der Waals surface area (Å²) in [5.74, 6) is -0.209. The van der Waals surface area contributed by atoms with Crippen molar-refractivity contribution in [3.05, 3.63) is 47.5 Å². The molecule has 19 heavy (non-hydrogen) atoms. The molecule has 5 heteroatoms. The van der Waals surface area contributed by atoms with Crippen molar-refractivity contribution in [2.45, 2.75) is 11.8 Å². The zero-order chi connectivity index (χ0) is 14.0. The molecule has 0 fully saturated rings. The fourth-order valence-electron chi connectivity index (χ4n) is 1.62. The first-order chi connectivity index (χ1) is 8.97. The molecule has 0 saturated heterocycles. The van der Waals surface area contributed by atoms with E-state index in [1.54, 1.807) is 24.3 Å². The Kier molecular flexibility index (Phi) is 3.66. The lowest BCUT2D eigenvalue weighted by atomic mass is 10.1. The van der Waals surface area contributed by atoms with E-state index < -0.39 is 0 Å². The van der Waals surface area contributed by atoms with E-state index in [1.165, 1.54) is 0 Å². The molecule has 0 aliphatic heterocycles. The number of aryl methyl sites for hydroxylation is 1. The Balaban J connectivity index is 2.24. The van der Waals surface area contributed by atoms with Gasteiger partial charge < -0.3 is 16.8 Å². The fraction of sp³-hybridized carbons (Fsp3) is 0.0714. The zero-order valence-electron chi connectivity index (χ0n) is 10.5. The maximum Gasteiger partial charge on any atom is 0.255 e. The van der Waals surface area contributed by atoms with E-state index in [1.807, 2.05) is 19.1 Å². The van der Waals surface area contributed by atoms with Crippen molar-refractivity contribution in [3.63, 3.8) is 0 Å². The summed E-state index contributed by atoms with van der Waals surface area (Å²) in [7, 11) is 0. The second-order valence-corrected chi connectivity index (χ2v) is 4.80. The van der Waals surface area contributed by atoms with Crippen LogP contribution in [0.25, 0.3) is 0 Å². The molecule has 0 aromatic heterocycles. The lowest BCUT2D eigenvalue weighted by Gasteiger charge is -2.10. The zero-order valence-corrected chi connectivity index (χ0v) is 11.4. The maximum absolute atomic E-state index is 12.1. The molecule has 5 N–H and O–H groups in total. The standard InChI is InChI=1S/C14H15N3OS/c1-8-2-4-9(5-3-8)14(18)17-12-6-10(15)11(16)7-13(12)19/h2-7,19H,15-16H2,1H3,(H,17,18). The highest BCUT2D eigenvalue weighted by Gasteiger charge is 2.09. The molecule has 0 aliphatic carbocycles. The van der Waals surface area contributed by atoms with E-state index >= 15 is 0 Å². The van der Waals surface area contributed by atoms with Gasteiger partial charge in [-0.05, 0) is 31.2 Å². The molecule has 0 aliphatic rings. The number of rotatable bonds is 2. The molecular weight excluding hydrogens is 258 g/mol. The number of carbonyl (C=O) groups excluding carboxylic acids is 1. The lowest BCUT2D eigenvalue weighted by molar-refractivity contribution is 0.102. The minimum absolute atomic E-state index is 0.209. The SMILES string of the molecule is Cc1ccc(C(=O)Nc2cc(N)c(N)cc2S)cc1. The van der Waals surface area contributed by atoms with Gasteiger partial charge >= 0.3 is 0 Å². The smallest absolute Gasteiger partial charge is 0.255 e. The van der Waals surface area contributed by atoms with Crippen LogP contribution < -0.4 is 16.8 Å². The number of anilines is 3. The highest BCUT2D eigenvalue weighted by molar-refractivity contribution is 7.80. The van der Waals surface area contributed by atoms with Crippen molar-refractivity contribution < 1.29 is 4.79 Å². The molecule has 0 saturated carbocycles. The third-order valence-corrected chi connectivity index (χ3v) is 3.13. The number of benzene rings is 2. The molecule has 0 atom stereocenters. The summed E-state index contributed by atoms with van der Waals surface area (Å²) in [5, 5.41) is 2.76. The Hall–Kier alpha value is -2.14. The number of nitrogens with two attached hydrogens (primary N) is 2. The summed E-state index contributed by atoms with van der Waals surface area (Å²) in [5.41, 5.74) is 14.5. The predicted molar refractivity (Wildman–Crippen MR) is 81.7 cm³/mol. The van der Waals surface area contributed by atoms with Crippen LogP contribution in [0.4, 0.5) is 17.1 Å². The van der Waals surface area contributed by atoms with Crippen LogP contribution in [0.2, 0.25) is 0 Å². The van der Waals surface area contributed by atoms with Crippen LogP contribution in [0.5, 0.6) is 0 Å². The van der Waals surface area contributed by atoms with Crippen LogP contribution in [-0.2, 0) is 0 Å². The van der Waals surface area contributed by atoms with Crippen LogP contribution in [0, 0.1) is 6.92 Å².